The van der Waals surface area contributed by atoms with Crippen LogP contribution in [-0.4, -0.2) is 5.38 Å². The molecule has 0 heterocycles. The molecule has 0 aliphatic heterocycles. The van der Waals surface area contributed by atoms with Crippen LogP contribution < -0.4 is 0 Å². The molecule has 1 fully saturated rings. The van der Waals surface area contributed by atoms with Gasteiger partial charge in [0.05, 0.1) is 0 Å². The third-order valence-electron chi connectivity index (χ3n) is 2.65. The molecule has 1 heteroatoms. The van der Waals surface area contributed by atoms with Crippen LogP contribution in [0.3, 0.4) is 0 Å². The van der Waals surface area contributed by atoms with Gasteiger partial charge >= 0.3 is 0 Å². The van der Waals surface area contributed by atoms with E-state index in [-0.39, 0.29) is 0 Å². The number of hydrogen-bond acceptors (Lipinski definition) is 0. The Balaban J connectivity index is 2.41. The molecule has 1 saturated carbocycles. The Kier molecular flexibility index (Phi) is 2.40. The molecular weight excluding hydrogens is 132 g/mol. The molecule has 0 aromatic rings. The highest BCUT2D eigenvalue weighted by molar-refractivity contribution is 6.20. The molecule has 0 aromatic carbocycles. The van der Waals surface area contributed by atoms with Crippen LogP contribution in [-0.2, 0) is 0 Å². The zero-order valence-corrected chi connectivity index (χ0v) is 6.99. The summed E-state index contributed by atoms with van der Waals surface area (Å²) in [5.41, 5.74) is 0. The highest BCUT2D eigenvalue weighted by atomic mass is 35.5. The molecule has 0 nitrogen and oxygen atoms in total. The zero-order valence-electron chi connectivity index (χ0n) is 6.23. The van der Waals surface area contributed by atoms with Gasteiger partial charge in [-0.3, -0.25) is 0 Å². The van der Waals surface area contributed by atoms with E-state index in [9.17, 15) is 0 Å². The third-order valence-corrected chi connectivity index (χ3v) is 3.27. The standard InChI is InChI=1S/C8H15Cl/c1-3-7-4-5-8(9)6(7)2/h6-8H,3-5H2,1-2H3. The summed E-state index contributed by atoms with van der Waals surface area (Å²) in [5.74, 6) is 1.67. The van der Waals surface area contributed by atoms with Gasteiger partial charge in [-0.05, 0) is 24.7 Å². The van der Waals surface area contributed by atoms with E-state index in [1.54, 1.807) is 0 Å². The van der Waals surface area contributed by atoms with Crippen molar-refractivity contribution in [3.05, 3.63) is 0 Å². The van der Waals surface area contributed by atoms with Crippen LogP contribution in [0, 0.1) is 11.8 Å². The normalized spacial score (nSPS) is 43.7. The first kappa shape index (κ1) is 7.40. The highest BCUT2D eigenvalue weighted by Crippen LogP contribution is 2.36. The lowest BCUT2D eigenvalue weighted by Gasteiger charge is -2.13. The van der Waals surface area contributed by atoms with Crippen LogP contribution in [0.4, 0.5) is 0 Å². The first-order valence-corrected chi connectivity index (χ1v) is 4.33. The molecule has 1 aliphatic rings. The van der Waals surface area contributed by atoms with E-state index in [0.717, 1.165) is 11.8 Å². The fourth-order valence-electron chi connectivity index (χ4n) is 1.77. The van der Waals surface area contributed by atoms with E-state index in [1.807, 2.05) is 0 Å². The minimum absolute atomic E-state index is 0.468. The summed E-state index contributed by atoms with van der Waals surface area (Å²) >= 11 is 6.04. The first-order valence-electron chi connectivity index (χ1n) is 3.89. The molecule has 3 atom stereocenters. The van der Waals surface area contributed by atoms with Crippen LogP contribution in [0.25, 0.3) is 0 Å². The van der Waals surface area contributed by atoms with Crippen LogP contribution >= 0.6 is 11.6 Å². The van der Waals surface area contributed by atoms with Crippen LogP contribution in [0.15, 0.2) is 0 Å². The molecule has 1 rings (SSSR count). The van der Waals surface area contributed by atoms with Crippen molar-refractivity contribution in [2.45, 2.75) is 38.5 Å². The van der Waals surface area contributed by atoms with Gasteiger partial charge in [0.15, 0.2) is 0 Å². The molecule has 0 amide bonds. The van der Waals surface area contributed by atoms with Gasteiger partial charge in [0.25, 0.3) is 0 Å². The molecular formula is C8H15Cl. The fourth-order valence-corrected chi connectivity index (χ4v) is 2.10. The Morgan fingerprint density at radius 2 is 2.11 bits per heavy atom. The lowest BCUT2D eigenvalue weighted by Crippen LogP contribution is -2.09. The molecule has 0 aromatic heterocycles. The predicted molar refractivity (Wildman–Crippen MR) is 41.8 cm³/mol. The van der Waals surface area contributed by atoms with Crippen LogP contribution in [0.1, 0.15) is 33.1 Å². The summed E-state index contributed by atoms with van der Waals surface area (Å²) in [5, 5.41) is 0.468. The number of rotatable bonds is 1. The monoisotopic (exact) mass is 146 g/mol. The van der Waals surface area contributed by atoms with Crippen molar-refractivity contribution in [1.82, 2.24) is 0 Å². The lowest BCUT2D eigenvalue weighted by atomic mass is 9.96. The molecule has 54 valence electrons. The molecule has 3 unspecified atom stereocenters. The van der Waals surface area contributed by atoms with Gasteiger partial charge < -0.3 is 0 Å². The number of hydrogen-bond donors (Lipinski definition) is 0. The average Bonchev–Trinajstić information content (AvgIpc) is 2.15. The van der Waals surface area contributed by atoms with E-state index in [4.69, 9.17) is 11.6 Å². The smallest absolute Gasteiger partial charge is 0.0364 e. The maximum Gasteiger partial charge on any atom is 0.0364 e. The summed E-state index contributed by atoms with van der Waals surface area (Å²) in [6, 6.07) is 0. The molecule has 1 aliphatic carbocycles. The average molecular weight is 147 g/mol. The SMILES string of the molecule is CCC1CCC(Cl)C1C. The summed E-state index contributed by atoms with van der Waals surface area (Å²) in [6.07, 6.45) is 3.90. The largest absolute Gasteiger partial charge is 0.123 e. The van der Waals surface area contributed by atoms with Crippen LogP contribution in [0.5, 0.6) is 0 Å². The van der Waals surface area contributed by atoms with Gasteiger partial charge in [-0.2, -0.15) is 0 Å². The van der Waals surface area contributed by atoms with Gasteiger partial charge in [0.1, 0.15) is 0 Å². The second-order valence-electron chi connectivity index (χ2n) is 3.12. The van der Waals surface area contributed by atoms with Crippen molar-refractivity contribution in [3.63, 3.8) is 0 Å². The Hall–Kier alpha value is 0.290. The Bertz CT molecular complexity index is 90.6. The lowest BCUT2D eigenvalue weighted by molar-refractivity contribution is 0.410. The minimum Gasteiger partial charge on any atom is -0.123 e. The van der Waals surface area contributed by atoms with Crippen molar-refractivity contribution in [2.75, 3.05) is 0 Å². The summed E-state index contributed by atoms with van der Waals surface area (Å²) in [4.78, 5) is 0. The van der Waals surface area contributed by atoms with E-state index >= 15 is 0 Å². The van der Waals surface area contributed by atoms with Crippen molar-refractivity contribution in [3.8, 4) is 0 Å². The minimum atomic E-state index is 0.468. The van der Waals surface area contributed by atoms with Crippen molar-refractivity contribution in [2.24, 2.45) is 11.8 Å². The Labute approximate surface area is 62.6 Å². The summed E-state index contributed by atoms with van der Waals surface area (Å²) in [7, 11) is 0. The third kappa shape index (κ3) is 1.40. The Morgan fingerprint density at radius 1 is 1.44 bits per heavy atom. The molecule has 0 bridgehead atoms. The molecule has 0 spiro atoms. The van der Waals surface area contributed by atoms with E-state index < -0.39 is 0 Å². The van der Waals surface area contributed by atoms with Crippen molar-refractivity contribution in [1.29, 1.82) is 0 Å². The Morgan fingerprint density at radius 3 is 2.33 bits per heavy atom. The fraction of sp³-hybridized carbons (Fsp3) is 1.00. The van der Waals surface area contributed by atoms with Gasteiger partial charge in [0, 0.05) is 5.38 Å². The van der Waals surface area contributed by atoms with Crippen molar-refractivity contribution < 1.29 is 0 Å². The summed E-state index contributed by atoms with van der Waals surface area (Å²) < 4.78 is 0. The van der Waals surface area contributed by atoms with E-state index in [2.05, 4.69) is 13.8 Å². The molecule has 0 N–H and O–H groups in total. The second-order valence-corrected chi connectivity index (χ2v) is 3.68. The van der Waals surface area contributed by atoms with Crippen LogP contribution in [0.2, 0.25) is 0 Å². The van der Waals surface area contributed by atoms with Gasteiger partial charge in [-0.1, -0.05) is 20.3 Å². The van der Waals surface area contributed by atoms with Crippen molar-refractivity contribution >= 4 is 11.6 Å². The van der Waals surface area contributed by atoms with Gasteiger partial charge in [-0.15, -0.1) is 11.6 Å². The van der Waals surface area contributed by atoms with E-state index in [1.165, 1.54) is 19.3 Å². The molecule has 0 radical (unpaired) electrons. The van der Waals surface area contributed by atoms with Gasteiger partial charge in [0.2, 0.25) is 0 Å². The maximum atomic E-state index is 6.04. The quantitative estimate of drug-likeness (QED) is 0.499. The summed E-state index contributed by atoms with van der Waals surface area (Å²) in [6.45, 7) is 4.54. The topological polar surface area (TPSA) is 0 Å². The molecule has 9 heavy (non-hydrogen) atoms. The number of alkyl halides is 1. The zero-order chi connectivity index (χ0) is 6.85. The molecule has 0 saturated heterocycles. The maximum absolute atomic E-state index is 6.04. The van der Waals surface area contributed by atoms with E-state index in [0.29, 0.717) is 5.38 Å². The van der Waals surface area contributed by atoms with Gasteiger partial charge in [-0.25, -0.2) is 0 Å². The second kappa shape index (κ2) is 2.92. The predicted octanol–water partition coefficient (Wildman–Crippen LogP) is 3.05. The highest BCUT2D eigenvalue weighted by Gasteiger charge is 2.29. The number of halogens is 1. The first-order chi connectivity index (χ1) is 4.25.